The molecule has 160 valence electrons. The molecule has 0 unspecified atom stereocenters. The van der Waals surface area contributed by atoms with Gasteiger partial charge in [0.05, 0.1) is 11.3 Å². The second-order valence-electron chi connectivity index (χ2n) is 8.33. The first-order valence-electron chi connectivity index (χ1n) is 10.5. The fraction of sp³-hybridized carbons (Fsp3) is 0.476. The molecule has 2 fully saturated rings. The summed E-state index contributed by atoms with van der Waals surface area (Å²) in [5.74, 6) is 1.69. The van der Waals surface area contributed by atoms with E-state index in [1.807, 2.05) is 24.1 Å². The number of carbonyl (C=O) groups is 1. The second kappa shape index (κ2) is 7.81. The SMILES string of the molecule is CCc1nsc(NC(=O)N2C[C@H]3C[C@H](N(C)c4c(C#N)cnc5[nH]ccc45)C[C@H]3C2)n1. The van der Waals surface area contributed by atoms with Crippen molar-refractivity contribution in [3.63, 3.8) is 0 Å². The lowest BCUT2D eigenvalue weighted by atomic mass is 10.0. The third kappa shape index (κ3) is 3.49. The number of fused-ring (bicyclic) bond motifs is 2. The zero-order valence-corrected chi connectivity index (χ0v) is 18.3. The molecule has 4 heterocycles. The molecule has 0 spiro atoms. The first-order chi connectivity index (χ1) is 15.1. The predicted octanol–water partition coefficient (Wildman–Crippen LogP) is 3.23. The van der Waals surface area contributed by atoms with E-state index in [1.165, 1.54) is 11.5 Å². The molecule has 1 saturated heterocycles. The molecule has 2 aliphatic rings. The number of amides is 2. The molecule has 0 radical (unpaired) electrons. The Morgan fingerprint density at radius 1 is 1.42 bits per heavy atom. The van der Waals surface area contributed by atoms with E-state index in [2.05, 4.69) is 42.7 Å². The van der Waals surface area contributed by atoms with Crippen LogP contribution in [0.3, 0.4) is 0 Å². The quantitative estimate of drug-likeness (QED) is 0.649. The van der Waals surface area contributed by atoms with Gasteiger partial charge in [-0.25, -0.2) is 14.8 Å². The van der Waals surface area contributed by atoms with Crippen molar-refractivity contribution in [1.82, 2.24) is 24.2 Å². The Hall–Kier alpha value is -3.19. The maximum atomic E-state index is 12.7. The van der Waals surface area contributed by atoms with E-state index in [-0.39, 0.29) is 6.03 Å². The van der Waals surface area contributed by atoms with Gasteiger partial charge >= 0.3 is 6.03 Å². The molecule has 10 heteroatoms. The van der Waals surface area contributed by atoms with Crippen LogP contribution in [0.4, 0.5) is 15.6 Å². The highest BCUT2D eigenvalue weighted by Gasteiger charge is 2.44. The number of nitrogens with one attached hydrogen (secondary N) is 2. The number of likely N-dealkylation sites (tertiary alicyclic amines) is 1. The Morgan fingerprint density at radius 2 is 2.19 bits per heavy atom. The van der Waals surface area contributed by atoms with Crippen LogP contribution >= 0.6 is 11.5 Å². The lowest BCUT2D eigenvalue weighted by Gasteiger charge is -2.29. The number of hydrogen-bond donors (Lipinski definition) is 2. The van der Waals surface area contributed by atoms with Crippen molar-refractivity contribution in [2.24, 2.45) is 11.8 Å². The van der Waals surface area contributed by atoms with Crippen LogP contribution in [-0.4, -0.2) is 56.4 Å². The van der Waals surface area contributed by atoms with Gasteiger partial charge in [-0.15, -0.1) is 0 Å². The summed E-state index contributed by atoms with van der Waals surface area (Å²) in [6.07, 6.45) is 6.27. The third-order valence-corrected chi connectivity index (χ3v) is 7.26. The van der Waals surface area contributed by atoms with Gasteiger partial charge < -0.3 is 14.8 Å². The fourth-order valence-corrected chi connectivity index (χ4v) is 5.65. The maximum Gasteiger partial charge on any atom is 0.323 e. The first kappa shape index (κ1) is 19.8. The lowest BCUT2D eigenvalue weighted by Crippen LogP contribution is -2.36. The fourth-order valence-electron chi connectivity index (χ4n) is 5.01. The van der Waals surface area contributed by atoms with Crippen LogP contribution in [0, 0.1) is 23.2 Å². The average Bonchev–Trinajstić information content (AvgIpc) is 3.54. The van der Waals surface area contributed by atoms with Crippen LogP contribution in [0.25, 0.3) is 11.0 Å². The summed E-state index contributed by atoms with van der Waals surface area (Å²) >= 11 is 1.23. The Bertz CT molecular complexity index is 1150. The molecular weight excluding hydrogens is 412 g/mol. The second-order valence-corrected chi connectivity index (χ2v) is 9.08. The number of pyridine rings is 1. The molecule has 3 aromatic rings. The van der Waals surface area contributed by atoms with Crippen LogP contribution in [0.15, 0.2) is 18.5 Å². The number of H-pyrrole nitrogens is 1. The van der Waals surface area contributed by atoms with Crippen molar-refractivity contribution in [3.05, 3.63) is 29.8 Å². The van der Waals surface area contributed by atoms with E-state index >= 15 is 0 Å². The van der Waals surface area contributed by atoms with Crippen molar-refractivity contribution in [2.75, 3.05) is 30.4 Å². The monoisotopic (exact) mass is 436 g/mol. The predicted molar refractivity (Wildman–Crippen MR) is 119 cm³/mol. The van der Waals surface area contributed by atoms with Gasteiger partial charge in [-0.1, -0.05) is 6.92 Å². The molecule has 1 aliphatic heterocycles. The number of carbonyl (C=O) groups excluding carboxylic acids is 1. The van der Waals surface area contributed by atoms with Crippen LogP contribution in [0.1, 0.15) is 31.2 Å². The van der Waals surface area contributed by atoms with Crippen LogP contribution in [0.2, 0.25) is 0 Å². The lowest BCUT2D eigenvalue weighted by molar-refractivity contribution is 0.218. The number of aromatic amines is 1. The highest BCUT2D eigenvalue weighted by Crippen LogP contribution is 2.42. The maximum absolute atomic E-state index is 12.7. The standard InChI is InChI=1S/C21H24N8OS/c1-3-17-25-20(31-27-17)26-21(30)29-10-12-6-15(7-13(12)11-29)28(2)18-14(8-22)9-24-19-16(18)4-5-23-19/h4-5,9,12-13,15H,3,6-7,10-11H2,1-2H3,(H,23,24)(H,25,26,27,30)/t12-,13+,15+. The summed E-state index contributed by atoms with van der Waals surface area (Å²) in [5.41, 5.74) is 2.33. The molecule has 0 aromatic carbocycles. The van der Waals surface area contributed by atoms with Gasteiger partial charge in [0.1, 0.15) is 17.5 Å². The zero-order chi connectivity index (χ0) is 21.5. The first-order valence-corrected chi connectivity index (χ1v) is 11.3. The number of aryl methyl sites for hydroxylation is 1. The number of aromatic nitrogens is 4. The molecule has 1 aliphatic carbocycles. The minimum atomic E-state index is -0.0898. The highest BCUT2D eigenvalue weighted by atomic mass is 32.1. The Kier molecular flexibility index (Phi) is 4.98. The Labute approximate surface area is 184 Å². The molecule has 3 aromatic heterocycles. The number of anilines is 2. The van der Waals surface area contributed by atoms with Crippen molar-refractivity contribution in [3.8, 4) is 6.07 Å². The molecule has 31 heavy (non-hydrogen) atoms. The third-order valence-electron chi connectivity index (χ3n) is 6.59. The summed E-state index contributed by atoms with van der Waals surface area (Å²) in [6.45, 7) is 3.50. The van der Waals surface area contributed by atoms with E-state index in [0.29, 0.717) is 28.6 Å². The molecule has 3 atom stereocenters. The minimum absolute atomic E-state index is 0.0898. The number of nitrogens with zero attached hydrogens (tertiary/aromatic N) is 6. The summed E-state index contributed by atoms with van der Waals surface area (Å²) in [5, 5.41) is 14.0. The average molecular weight is 437 g/mol. The van der Waals surface area contributed by atoms with Crippen LogP contribution in [0.5, 0.6) is 0 Å². The highest BCUT2D eigenvalue weighted by molar-refractivity contribution is 7.09. The van der Waals surface area contributed by atoms with Gasteiger partial charge in [-0.05, 0) is 30.7 Å². The summed E-state index contributed by atoms with van der Waals surface area (Å²) in [4.78, 5) is 28.6. The summed E-state index contributed by atoms with van der Waals surface area (Å²) in [7, 11) is 2.07. The molecule has 0 bridgehead atoms. The number of nitriles is 1. The molecule has 9 nitrogen and oxygen atoms in total. The van der Waals surface area contributed by atoms with Crippen molar-refractivity contribution < 1.29 is 4.79 Å². The number of urea groups is 1. The van der Waals surface area contributed by atoms with Crippen LogP contribution < -0.4 is 10.2 Å². The zero-order valence-electron chi connectivity index (χ0n) is 17.5. The van der Waals surface area contributed by atoms with E-state index in [0.717, 1.165) is 54.9 Å². The van der Waals surface area contributed by atoms with E-state index in [4.69, 9.17) is 0 Å². The Balaban J connectivity index is 1.26. The smallest absolute Gasteiger partial charge is 0.323 e. The van der Waals surface area contributed by atoms with Gasteiger partial charge in [0.25, 0.3) is 0 Å². The number of rotatable bonds is 4. The summed E-state index contributed by atoms with van der Waals surface area (Å²) in [6, 6.07) is 4.52. The largest absolute Gasteiger partial charge is 0.370 e. The number of hydrogen-bond acceptors (Lipinski definition) is 7. The molecule has 1 saturated carbocycles. The van der Waals surface area contributed by atoms with Crippen molar-refractivity contribution in [1.29, 1.82) is 5.26 Å². The van der Waals surface area contributed by atoms with Crippen LogP contribution in [-0.2, 0) is 6.42 Å². The molecule has 2 N–H and O–H groups in total. The van der Waals surface area contributed by atoms with Gasteiger partial charge in [0, 0.05) is 61.9 Å². The molecule has 2 amide bonds. The van der Waals surface area contributed by atoms with Gasteiger partial charge in [0.2, 0.25) is 5.13 Å². The van der Waals surface area contributed by atoms with E-state index in [1.54, 1.807) is 6.20 Å². The van der Waals surface area contributed by atoms with Crippen molar-refractivity contribution in [2.45, 2.75) is 32.2 Å². The topological polar surface area (TPSA) is 114 Å². The Morgan fingerprint density at radius 3 is 2.87 bits per heavy atom. The minimum Gasteiger partial charge on any atom is -0.370 e. The van der Waals surface area contributed by atoms with Gasteiger partial charge in [-0.2, -0.15) is 9.64 Å². The summed E-state index contributed by atoms with van der Waals surface area (Å²) < 4.78 is 4.22. The van der Waals surface area contributed by atoms with Crippen molar-refractivity contribution >= 4 is 39.4 Å². The normalized spacial score (nSPS) is 22.5. The van der Waals surface area contributed by atoms with Gasteiger partial charge in [-0.3, -0.25) is 5.32 Å². The molecular formula is C21H24N8OS. The van der Waals surface area contributed by atoms with E-state index in [9.17, 15) is 10.1 Å². The van der Waals surface area contributed by atoms with E-state index < -0.39 is 0 Å². The van der Waals surface area contributed by atoms with Gasteiger partial charge in [0.15, 0.2) is 0 Å². The molecule has 5 rings (SSSR count).